The molecule has 0 aliphatic heterocycles. The number of ketones is 4. The fourth-order valence-corrected chi connectivity index (χ4v) is 16.8. The minimum absolute atomic E-state index is 0.0255. The molecular formula is C112H246BNO15S3SiSn. The van der Waals surface area contributed by atoms with E-state index in [9.17, 15) is 45.6 Å². The first kappa shape index (κ1) is 186. The number of esters is 1. The molecule has 0 bridgehead atoms. The second-order valence-corrected chi connectivity index (χ2v) is 70.0. The number of terminal acetylenes is 3. The maximum atomic E-state index is 10.5. The van der Waals surface area contributed by atoms with E-state index in [2.05, 4.69) is 302 Å². The van der Waals surface area contributed by atoms with Crippen LogP contribution in [-0.2, 0) is 62.1 Å². The Balaban J connectivity index is -0.0000000494. The number of carbonyl (C=O) groups excluding carboxylic acids is 6. The van der Waals surface area contributed by atoms with Crippen LogP contribution < -0.4 is 0 Å². The third-order valence-electron chi connectivity index (χ3n) is 13.7. The topological polar surface area (TPSA) is 242 Å². The number of unbranched alkanes of at least 4 members (excludes halogenated alkanes) is 2. The molecule has 134 heavy (non-hydrogen) atoms. The van der Waals surface area contributed by atoms with Gasteiger partial charge in [0.25, 0.3) is 20.2 Å². The van der Waals surface area contributed by atoms with Crippen molar-refractivity contribution in [2.45, 2.75) is 518 Å². The quantitative estimate of drug-likeness (QED) is 0.0164. The van der Waals surface area contributed by atoms with E-state index in [0.29, 0.717) is 53.7 Å². The molecule has 0 fully saturated rings. The van der Waals surface area contributed by atoms with Crippen LogP contribution in [0, 0.1) is 120 Å². The van der Waals surface area contributed by atoms with Crippen molar-refractivity contribution in [3.8, 4) is 37.0 Å². The van der Waals surface area contributed by atoms with Gasteiger partial charge in [-0.25, -0.2) is 0 Å². The van der Waals surface area contributed by atoms with E-state index >= 15 is 0 Å². The number of rotatable bonds is 25. The van der Waals surface area contributed by atoms with Crippen molar-refractivity contribution in [3.05, 3.63) is 25.3 Å². The van der Waals surface area contributed by atoms with Crippen molar-refractivity contribution in [2.75, 3.05) is 26.6 Å². The van der Waals surface area contributed by atoms with Crippen molar-refractivity contribution in [1.29, 1.82) is 0 Å². The second-order valence-electron chi connectivity index (χ2n) is 43.5. The summed E-state index contributed by atoms with van der Waals surface area (Å²) in [4.78, 5) is 66.3. The van der Waals surface area contributed by atoms with E-state index in [-0.39, 0.29) is 70.2 Å². The van der Waals surface area contributed by atoms with Gasteiger partial charge in [0.15, 0.2) is 10.9 Å². The zero-order valence-corrected chi connectivity index (χ0v) is 109. The van der Waals surface area contributed by atoms with Crippen molar-refractivity contribution < 1.29 is 68.8 Å². The summed E-state index contributed by atoms with van der Waals surface area (Å²) >= 11 is -0.252. The van der Waals surface area contributed by atoms with Crippen LogP contribution in [0.15, 0.2) is 25.3 Å². The molecule has 2 N–H and O–H groups in total. The van der Waals surface area contributed by atoms with Crippen LogP contribution in [0.25, 0.3) is 0 Å². The molecule has 0 rings (SSSR count). The molecule has 0 aromatic carbocycles. The van der Waals surface area contributed by atoms with Gasteiger partial charge < -0.3 is 19.7 Å². The predicted octanol–water partition coefficient (Wildman–Crippen LogP) is 33.9. The third kappa shape index (κ3) is 396. The Kier molecular flexibility index (Phi) is 181. The van der Waals surface area contributed by atoms with Crippen molar-refractivity contribution >= 4 is 99.8 Å². The Morgan fingerprint density at radius 2 is 0.672 bits per heavy atom. The van der Waals surface area contributed by atoms with Gasteiger partial charge in [0.1, 0.15) is 11.6 Å². The number of ether oxygens (including phenoxy) is 1. The number of thioether (sulfide) groups is 1. The number of Topliss-reactive ketones (excluding diaryl/α,β-unsaturated/α-hetero) is 3. The molecule has 0 atom stereocenters. The van der Waals surface area contributed by atoms with Gasteiger partial charge in [-0.1, -0.05) is 340 Å². The molecule has 0 heterocycles. The molecule has 0 aliphatic carbocycles. The Bertz CT molecular complexity index is 2590. The predicted molar refractivity (Wildman–Crippen MR) is 621 cm³/mol. The first-order valence-electron chi connectivity index (χ1n) is 50.3. The molecule has 0 saturated heterocycles. The maximum absolute atomic E-state index is 10.5. The zero-order valence-electron chi connectivity index (χ0n) is 102. The van der Waals surface area contributed by atoms with E-state index in [0.717, 1.165) is 63.4 Å². The molecular weight excluding hydrogens is 1850 g/mol. The fourth-order valence-electron chi connectivity index (χ4n) is 4.14. The van der Waals surface area contributed by atoms with E-state index in [4.69, 9.17) is 29.3 Å². The number of carbonyl (C=O) groups is 6. The average Bonchev–Trinajstić information content (AvgIpc) is 0.874. The normalized spacial score (nSPS) is 10.1. The van der Waals surface area contributed by atoms with E-state index in [1.54, 1.807) is 71.2 Å². The summed E-state index contributed by atoms with van der Waals surface area (Å²) in [6.07, 6.45) is 27.8. The van der Waals surface area contributed by atoms with E-state index in [1.807, 2.05) is 117 Å². The van der Waals surface area contributed by atoms with Gasteiger partial charge in [-0.2, -0.15) is 16.8 Å². The summed E-state index contributed by atoms with van der Waals surface area (Å²) in [7, 11) is -4.18. The van der Waals surface area contributed by atoms with Gasteiger partial charge in [-0.3, -0.25) is 37.1 Å². The molecule has 0 spiro atoms. The number of hydrogen-bond acceptors (Lipinski definition) is 17. The van der Waals surface area contributed by atoms with Gasteiger partial charge >= 0.3 is 103 Å². The van der Waals surface area contributed by atoms with Crippen LogP contribution in [0.5, 0.6) is 0 Å². The van der Waals surface area contributed by atoms with Crippen LogP contribution in [0.1, 0.15) is 440 Å². The summed E-state index contributed by atoms with van der Waals surface area (Å²) < 4.78 is 58.6. The minimum atomic E-state index is -3.22. The third-order valence-corrected chi connectivity index (χ3v) is 35.9. The van der Waals surface area contributed by atoms with Crippen LogP contribution in [0.4, 0.5) is 0 Å². The Morgan fingerprint density at radius 1 is 0.463 bits per heavy atom. The first-order valence-corrected chi connectivity index (χ1v) is 66.9. The van der Waals surface area contributed by atoms with Crippen molar-refractivity contribution in [2.24, 2.45) is 82.9 Å². The Hall–Kier alpha value is -2.89. The molecule has 0 unspecified atom stereocenters. The van der Waals surface area contributed by atoms with Crippen LogP contribution >= 0.6 is 11.8 Å². The molecule has 0 aromatic heterocycles. The molecule has 22 heteroatoms. The van der Waals surface area contributed by atoms with Gasteiger partial charge in [0, 0.05) is 69.7 Å². The van der Waals surface area contributed by atoms with Crippen LogP contribution in [0.2, 0.25) is 48.7 Å². The Morgan fingerprint density at radius 3 is 0.709 bits per heavy atom. The van der Waals surface area contributed by atoms with Gasteiger partial charge in [0.05, 0.1) is 30.8 Å². The second kappa shape index (κ2) is 130. The number of allylic oxidation sites excluding steroid dienone is 2. The summed E-state index contributed by atoms with van der Waals surface area (Å²) in [6, 6.07) is 0.685. The Labute approximate surface area is 856 Å². The monoisotopic (exact) mass is 2100 g/mol. The average molecular weight is 2100 g/mol. The first-order chi connectivity index (χ1) is 59.5. The molecule has 0 aromatic rings. The fraction of sp³-hybridized carbons (Fsp3) is 0.857. The van der Waals surface area contributed by atoms with Crippen LogP contribution in [-0.4, -0.2) is 156 Å². The van der Waals surface area contributed by atoms with Gasteiger partial charge in [-0.15, -0.1) is 37.7 Å². The van der Waals surface area contributed by atoms with Crippen molar-refractivity contribution in [1.82, 2.24) is 4.90 Å². The summed E-state index contributed by atoms with van der Waals surface area (Å²) in [5, 5.41) is 17.0. The van der Waals surface area contributed by atoms with Gasteiger partial charge in [0.2, 0.25) is 5.78 Å². The summed E-state index contributed by atoms with van der Waals surface area (Å²) in [5.41, 5.74) is 0.937. The van der Waals surface area contributed by atoms with Gasteiger partial charge in [-0.05, 0) is 160 Å². The number of hydrogen-bond donors (Lipinski definition) is 2. The molecule has 0 aliphatic rings. The molecule has 0 radical (unpaired) electrons. The van der Waals surface area contributed by atoms with E-state index < -0.39 is 53.8 Å². The molecule has 16 nitrogen and oxygen atoms in total. The van der Waals surface area contributed by atoms with E-state index in [1.165, 1.54) is 56.9 Å². The number of nitrogens with zero attached hydrogens (tertiary/aromatic N) is 1. The molecule has 0 saturated carbocycles. The summed E-state index contributed by atoms with van der Waals surface area (Å²) in [6.45, 7) is 130. The zero-order chi connectivity index (χ0) is 114. The SMILES string of the molecule is C#CC(=O)CC(C)C.C#CC(C)C.C#CC(C)C.C=CC(=O)CC(C)C.C=CC(C)C.CC(=O)C(C)C.CC(=O)C(C)C.CC(=O)OC(C)C.CC(=O)SC(C)C.CC(C)B(O)O.CC(C)C.CC(C)C.CC(C)C.CC(C)C.CC(C)C.CC(C)C.CC(C)N(C)C.CC(C)OS(C)(=O)=O.CC(C)OS(C)(=O)=O.CC(C)[Si](C)(C)C.CCC(C)C.CCC[CH2][Sn]([CH3])([CH2]CCC)[CH](C)C. The van der Waals surface area contributed by atoms with Crippen LogP contribution in [0.3, 0.4) is 0 Å². The standard InChI is InChI=1S/C7H12O.C7H10O.C6H16Si.C5H13N.C5H10O2.C5H10OS.2C5H10O.C5H12.C5H10.2C5H8.2C4H10O3S.6C4H10.2C4H9.C3H9BO2.C3H7.CH3.Sn/c2*1-4-7(8)5-6(2)3;1-6(2)7(3,4)5;1-5(2)6(3)4;2*1-4(2)7-5(3)6;2*1-4(2)5(3)6;4*1-4-5(2)3;2*1-4(2)7-8(3,5)6;6*1-4(2)3;2*1-3-4-2;1-3(2)4(5)6;1-3-2;;/h4,6H,1,5H2,2-3H3;1,6H,5H2,2-3H3;6H,1-5H3;5H,1-4H3;2*4H,1-3H3;2*4H,1-3H3;5H,4H2,1-3H3;4-5H,1H2,2-3H3;2*1,5H,2-3H3;2*4H,1-3H3;6*4H,1-3H3;2*1,3-4H2,2H3;3,5-6H,1-2H3;3H,1-2H3;1H3;. The van der Waals surface area contributed by atoms with Crippen molar-refractivity contribution in [3.63, 3.8) is 0 Å². The molecule has 0 amide bonds. The summed E-state index contributed by atoms with van der Waals surface area (Å²) in [5.74, 6) is 16.1. The molecule has 818 valence electrons.